The molecule has 0 spiro atoms. The number of likely N-dealkylation sites (tertiary alicyclic amines) is 1. The summed E-state index contributed by atoms with van der Waals surface area (Å²) < 4.78 is 0. The molecule has 1 N–H and O–H groups in total. The lowest BCUT2D eigenvalue weighted by atomic mass is 9.94. The summed E-state index contributed by atoms with van der Waals surface area (Å²) in [6, 6.07) is 0.756. The predicted molar refractivity (Wildman–Crippen MR) is 61.9 cm³/mol. The second-order valence-electron chi connectivity index (χ2n) is 4.62. The van der Waals surface area contributed by atoms with Crippen molar-refractivity contribution in [2.24, 2.45) is 5.92 Å². The number of hydrogen-bond donors (Lipinski definition) is 1. The number of piperidine rings is 1. The average Bonchev–Trinajstić information content (AvgIpc) is 2.86. The van der Waals surface area contributed by atoms with E-state index in [9.17, 15) is 0 Å². The first-order chi connectivity index (χ1) is 7.42. The Kier molecular flexibility index (Phi) is 2.73. The molecule has 2 saturated heterocycles. The van der Waals surface area contributed by atoms with Gasteiger partial charge < -0.3 is 5.32 Å². The van der Waals surface area contributed by atoms with Crippen molar-refractivity contribution in [2.75, 3.05) is 19.6 Å². The Morgan fingerprint density at radius 3 is 3.33 bits per heavy atom. The zero-order valence-corrected chi connectivity index (χ0v) is 9.67. The Morgan fingerprint density at radius 1 is 1.53 bits per heavy atom. The first kappa shape index (κ1) is 9.75. The second-order valence-corrected chi connectivity index (χ2v) is 5.60. The maximum absolute atomic E-state index is 4.13. The number of nitrogens with zero attached hydrogens (tertiary/aromatic N) is 2. The minimum Gasteiger partial charge on any atom is -0.312 e. The molecule has 0 bridgehead atoms. The van der Waals surface area contributed by atoms with E-state index in [0.717, 1.165) is 18.5 Å². The monoisotopic (exact) mass is 223 g/mol. The van der Waals surface area contributed by atoms with Crippen LogP contribution in [-0.4, -0.2) is 35.6 Å². The number of aromatic nitrogens is 1. The highest BCUT2D eigenvalue weighted by Gasteiger charge is 2.33. The van der Waals surface area contributed by atoms with E-state index < -0.39 is 0 Å². The van der Waals surface area contributed by atoms with Crippen LogP contribution in [0.1, 0.15) is 17.7 Å². The molecule has 1 aromatic rings. The van der Waals surface area contributed by atoms with Crippen molar-refractivity contribution in [3.8, 4) is 0 Å². The van der Waals surface area contributed by atoms with Crippen LogP contribution in [0.4, 0.5) is 0 Å². The quantitative estimate of drug-likeness (QED) is 0.820. The van der Waals surface area contributed by atoms with Crippen LogP contribution >= 0.6 is 11.3 Å². The fourth-order valence-corrected chi connectivity index (χ4v) is 3.44. The largest absolute Gasteiger partial charge is 0.312 e. The van der Waals surface area contributed by atoms with Gasteiger partial charge in [0, 0.05) is 36.8 Å². The summed E-state index contributed by atoms with van der Waals surface area (Å²) in [5, 5.41) is 3.64. The SMILES string of the molecule is c1ncc(CN2C[C@@H]3CCCN[C@@H]3C2)s1. The van der Waals surface area contributed by atoms with Crippen LogP contribution in [0.25, 0.3) is 0 Å². The molecule has 2 fully saturated rings. The predicted octanol–water partition coefficient (Wildman–Crippen LogP) is 1.33. The van der Waals surface area contributed by atoms with E-state index in [2.05, 4.69) is 15.2 Å². The lowest BCUT2D eigenvalue weighted by Gasteiger charge is -2.24. The van der Waals surface area contributed by atoms with Crippen LogP contribution in [0.3, 0.4) is 0 Å². The molecule has 0 aliphatic carbocycles. The van der Waals surface area contributed by atoms with Gasteiger partial charge >= 0.3 is 0 Å². The minimum atomic E-state index is 0.756. The van der Waals surface area contributed by atoms with E-state index in [1.807, 2.05) is 11.7 Å². The second kappa shape index (κ2) is 4.20. The van der Waals surface area contributed by atoms with Gasteiger partial charge in [-0.05, 0) is 25.3 Å². The molecule has 2 aliphatic heterocycles. The van der Waals surface area contributed by atoms with Crippen molar-refractivity contribution in [3.63, 3.8) is 0 Å². The molecule has 0 radical (unpaired) electrons. The van der Waals surface area contributed by atoms with Gasteiger partial charge in [-0.3, -0.25) is 9.88 Å². The van der Waals surface area contributed by atoms with E-state index >= 15 is 0 Å². The van der Waals surface area contributed by atoms with Gasteiger partial charge in [-0.15, -0.1) is 11.3 Å². The van der Waals surface area contributed by atoms with Crippen LogP contribution in [-0.2, 0) is 6.54 Å². The normalized spacial score (nSPS) is 31.7. The van der Waals surface area contributed by atoms with Gasteiger partial charge in [0.2, 0.25) is 0 Å². The molecular formula is C11H17N3S. The van der Waals surface area contributed by atoms with Crippen molar-refractivity contribution < 1.29 is 0 Å². The van der Waals surface area contributed by atoms with Crippen molar-refractivity contribution in [1.29, 1.82) is 0 Å². The van der Waals surface area contributed by atoms with Gasteiger partial charge in [-0.1, -0.05) is 0 Å². The molecule has 2 aliphatic rings. The van der Waals surface area contributed by atoms with Crippen molar-refractivity contribution in [3.05, 3.63) is 16.6 Å². The molecule has 3 rings (SSSR count). The molecule has 0 aromatic carbocycles. The molecule has 15 heavy (non-hydrogen) atoms. The van der Waals surface area contributed by atoms with Crippen molar-refractivity contribution >= 4 is 11.3 Å². The van der Waals surface area contributed by atoms with Crippen LogP contribution in [0, 0.1) is 5.92 Å². The van der Waals surface area contributed by atoms with Gasteiger partial charge in [0.1, 0.15) is 0 Å². The van der Waals surface area contributed by atoms with Gasteiger partial charge in [-0.2, -0.15) is 0 Å². The Bertz CT molecular complexity index is 298. The summed E-state index contributed by atoms with van der Waals surface area (Å²) in [7, 11) is 0. The first-order valence-corrected chi connectivity index (χ1v) is 6.63. The van der Waals surface area contributed by atoms with Crippen LogP contribution in [0.5, 0.6) is 0 Å². The third kappa shape index (κ3) is 2.07. The lowest BCUT2D eigenvalue weighted by Crippen LogP contribution is -2.40. The van der Waals surface area contributed by atoms with E-state index in [0.29, 0.717) is 0 Å². The minimum absolute atomic E-state index is 0.756. The van der Waals surface area contributed by atoms with Gasteiger partial charge in [0.25, 0.3) is 0 Å². The Hall–Kier alpha value is -0.450. The van der Waals surface area contributed by atoms with Crippen molar-refractivity contribution in [2.45, 2.75) is 25.4 Å². The lowest BCUT2D eigenvalue weighted by molar-refractivity contribution is 0.315. The molecule has 3 nitrogen and oxygen atoms in total. The van der Waals surface area contributed by atoms with Gasteiger partial charge in [0.15, 0.2) is 0 Å². The van der Waals surface area contributed by atoms with Gasteiger partial charge in [0.05, 0.1) is 5.51 Å². The molecular weight excluding hydrogens is 206 g/mol. The topological polar surface area (TPSA) is 28.2 Å². The van der Waals surface area contributed by atoms with E-state index in [-0.39, 0.29) is 0 Å². The number of fused-ring (bicyclic) bond motifs is 1. The fourth-order valence-electron chi connectivity index (χ4n) is 2.81. The average molecular weight is 223 g/mol. The van der Waals surface area contributed by atoms with Crippen LogP contribution in [0.15, 0.2) is 11.7 Å². The summed E-state index contributed by atoms with van der Waals surface area (Å²) in [6.45, 7) is 4.81. The summed E-state index contributed by atoms with van der Waals surface area (Å²) in [5.41, 5.74) is 1.93. The van der Waals surface area contributed by atoms with Crippen LogP contribution < -0.4 is 5.32 Å². The maximum Gasteiger partial charge on any atom is 0.0794 e. The molecule has 2 atom stereocenters. The first-order valence-electron chi connectivity index (χ1n) is 5.75. The van der Waals surface area contributed by atoms with Crippen LogP contribution in [0.2, 0.25) is 0 Å². The fraction of sp³-hybridized carbons (Fsp3) is 0.727. The highest BCUT2D eigenvalue weighted by atomic mass is 32.1. The molecule has 3 heterocycles. The maximum atomic E-state index is 4.13. The zero-order valence-electron chi connectivity index (χ0n) is 8.85. The molecule has 82 valence electrons. The Labute approximate surface area is 94.5 Å². The summed E-state index contributed by atoms with van der Waals surface area (Å²) >= 11 is 1.77. The number of rotatable bonds is 2. The van der Waals surface area contributed by atoms with E-state index in [1.54, 1.807) is 11.3 Å². The third-order valence-electron chi connectivity index (χ3n) is 3.54. The molecule has 0 saturated carbocycles. The number of hydrogen-bond acceptors (Lipinski definition) is 4. The summed E-state index contributed by atoms with van der Waals surface area (Å²) in [4.78, 5) is 8.10. The smallest absolute Gasteiger partial charge is 0.0794 e. The van der Waals surface area contributed by atoms with Gasteiger partial charge in [-0.25, -0.2) is 0 Å². The van der Waals surface area contributed by atoms with E-state index in [1.165, 1.54) is 37.4 Å². The summed E-state index contributed by atoms with van der Waals surface area (Å²) in [5.74, 6) is 0.895. The standard InChI is InChI=1S/C11H17N3S/c1-2-9-5-14(7-11(9)13-3-1)6-10-4-12-8-15-10/h4,8-9,11,13H,1-3,5-7H2/t9-,11+/m0/s1. The zero-order chi connectivity index (χ0) is 10.1. The highest BCUT2D eigenvalue weighted by Crippen LogP contribution is 2.26. The van der Waals surface area contributed by atoms with E-state index in [4.69, 9.17) is 0 Å². The summed E-state index contributed by atoms with van der Waals surface area (Å²) in [6.07, 6.45) is 4.77. The molecule has 0 unspecified atom stereocenters. The van der Waals surface area contributed by atoms with Crippen molar-refractivity contribution in [1.82, 2.24) is 15.2 Å². The molecule has 4 heteroatoms. The Morgan fingerprint density at radius 2 is 2.53 bits per heavy atom. The molecule has 1 aromatic heterocycles. The Balaban J connectivity index is 1.60. The highest BCUT2D eigenvalue weighted by molar-refractivity contribution is 7.09. The number of nitrogens with one attached hydrogen (secondary N) is 1. The molecule has 0 amide bonds. The number of thiazole rings is 1. The third-order valence-corrected chi connectivity index (χ3v) is 4.30.